The number of hydrogen-bond donors (Lipinski definition) is 0. The molecule has 0 amide bonds. The molecule has 0 radical (unpaired) electrons. The molecule has 0 saturated heterocycles. The third-order valence-electron chi connectivity index (χ3n) is 14.5. The lowest BCUT2D eigenvalue weighted by atomic mass is 9.67. The Morgan fingerprint density at radius 3 is 1.94 bits per heavy atom. The van der Waals surface area contributed by atoms with Crippen molar-refractivity contribution in [2.24, 2.45) is 0 Å². The van der Waals surface area contributed by atoms with E-state index in [0.717, 1.165) is 127 Å². The minimum Gasteiger partial charge on any atom is -0.453 e. The van der Waals surface area contributed by atoms with Crippen LogP contribution in [0.1, 0.15) is 27.8 Å². The van der Waals surface area contributed by atoms with Gasteiger partial charge in [-0.3, -0.25) is 9.97 Å². The molecule has 6 heterocycles. The molecule has 3 aliphatic rings. The van der Waals surface area contributed by atoms with Crippen LogP contribution in [0.25, 0.3) is 71.2 Å². The fourth-order valence-electron chi connectivity index (χ4n) is 11.7. The monoisotopic (exact) mass is 911 g/mol. The molecule has 8 nitrogen and oxygen atoms in total. The second-order valence-electron chi connectivity index (χ2n) is 17.9. The van der Waals surface area contributed by atoms with E-state index in [1.165, 1.54) is 0 Å². The molecule has 15 rings (SSSR count). The van der Waals surface area contributed by atoms with E-state index in [9.17, 15) is 5.26 Å². The number of rotatable bonds is 3. The summed E-state index contributed by atoms with van der Waals surface area (Å²) < 4.78 is 11.2. The van der Waals surface area contributed by atoms with Crippen molar-refractivity contribution < 1.29 is 4.74 Å². The summed E-state index contributed by atoms with van der Waals surface area (Å²) in [5.41, 5.74) is 15.3. The van der Waals surface area contributed by atoms with Crippen molar-refractivity contribution in [3.8, 4) is 40.3 Å². The van der Waals surface area contributed by atoms with Crippen molar-refractivity contribution >= 4 is 78.1 Å². The summed E-state index contributed by atoms with van der Waals surface area (Å²) in [5.74, 6) is 1.56. The molecule has 12 aromatic rings. The van der Waals surface area contributed by atoms with E-state index in [4.69, 9.17) is 21.3 Å². The van der Waals surface area contributed by atoms with Gasteiger partial charge in [0.05, 0.1) is 86.0 Å². The number of aromatic nitrogens is 4. The number of benzene rings is 8. The van der Waals surface area contributed by atoms with Gasteiger partial charge in [0.1, 0.15) is 0 Å². The fraction of sp³-hybridized carbons (Fsp3) is 0.0164. The standard InChI is InChI=1S/C61H33N7OS/c1-63-37-24-28-50-43(31-37)41-13-3-4-15-47(41)66(50)38-25-26-44-57(33-38)70-56-22-10-19-53(68-51-17-6-8-20-54(51)69-55-21-9-7-18-52(55)68)58(56)61(44)45-14-11-29-64-59(45)60-46(61)32-39(35-65-60)67-48-16-5-2-12-40(48)42-30-36(34-62)23-27-49(42)67/h2-33,35H. The second kappa shape index (κ2) is 14.3. The van der Waals surface area contributed by atoms with Gasteiger partial charge in [0.15, 0.2) is 17.2 Å². The topological polar surface area (TPSA) is 76.3 Å². The van der Waals surface area contributed by atoms with Crippen molar-refractivity contribution in [1.82, 2.24) is 19.1 Å². The molecule has 9 heteroatoms. The molecular weight excluding hydrogens is 879 g/mol. The second-order valence-corrected chi connectivity index (χ2v) is 19.0. The number of para-hydroxylation sites is 6. The Labute approximate surface area is 405 Å². The average Bonchev–Trinajstić information content (AvgIpc) is 4.03. The third-order valence-corrected chi connectivity index (χ3v) is 15.6. The van der Waals surface area contributed by atoms with E-state index in [-0.39, 0.29) is 0 Å². The molecule has 0 saturated carbocycles. The number of anilines is 3. The highest BCUT2D eigenvalue weighted by Gasteiger charge is 2.54. The zero-order valence-corrected chi connectivity index (χ0v) is 37.8. The molecule has 1 atom stereocenters. The van der Waals surface area contributed by atoms with Gasteiger partial charge in [-0.15, -0.1) is 0 Å². The van der Waals surface area contributed by atoms with Crippen molar-refractivity contribution in [2.75, 3.05) is 4.90 Å². The maximum Gasteiger partial charge on any atom is 0.188 e. The van der Waals surface area contributed by atoms with Gasteiger partial charge in [0.2, 0.25) is 0 Å². The van der Waals surface area contributed by atoms with Gasteiger partial charge in [-0.05, 0) is 120 Å². The Bertz CT molecular complexity index is 4340. The summed E-state index contributed by atoms with van der Waals surface area (Å²) >= 11 is 1.79. The van der Waals surface area contributed by atoms with Crippen molar-refractivity contribution in [3.05, 3.63) is 240 Å². The van der Waals surface area contributed by atoms with Gasteiger partial charge in [0.25, 0.3) is 0 Å². The molecule has 4 aromatic heterocycles. The normalized spacial score (nSPS) is 14.9. The van der Waals surface area contributed by atoms with Crippen molar-refractivity contribution in [1.29, 1.82) is 5.26 Å². The Balaban J connectivity index is 1.06. The highest BCUT2D eigenvalue weighted by molar-refractivity contribution is 7.99. The molecule has 70 heavy (non-hydrogen) atoms. The lowest BCUT2D eigenvalue weighted by molar-refractivity contribution is 0.476. The van der Waals surface area contributed by atoms with Crippen LogP contribution in [-0.4, -0.2) is 19.1 Å². The summed E-state index contributed by atoms with van der Waals surface area (Å²) in [6.45, 7) is 7.82. The van der Waals surface area contributed by atoms with Gasteiger partial charge >= 0.3 is 0 Å². The van der Waals surface area contributed by atoms with Crippen LogP contribution < -0.4 is 9.64 Å². The zero-order chi connectivity index (χ0) is 46.2. The first kappa shape index (κ1) is 38.7. The zero-order valence-electron chi connectivity index (χ0n) is 37.0. The predicted octanol–water partition coefficient (Wildman–Crippen LogP) is 15.5. The number of nitrogens with zero attached hydrogens (tertiary/aromatic N) is 7. The van der Waals surface area contributed by atoms with E-state index in [2.05, 4.69) is 164 Å². The van der Waals surface area contributed by atoms with E-state index >= 15 is 0 Å². The lowest BCUT2D eigenvalue weighted by Crippen LogP contribution is -2.34. The van der Waals surface area contributed by atoms with Crippen molar-refractivity contribution in [3.63, 3.8) is 0 Å². The van der Waals surface area contributed by atoms with E-state index < -0.39 is 5.41 Å². The largest absolute Gasteiger partial charge is 0.453 e. The van der Waals surface area contributed by atoms with Crippen LogP contribution in [0.3, 0.4) is 0 Å². The Morgan fingerprint density at radius 2 is 1.19 bits per heavy atom. The first-order chi connectivity index (χ1) is 34.6. The predicted molar refractivity (Wildman–Crippen MR) is 278 cm³/mol. The lowest BCUT2D eigenvalue weighted by Gasteiger charge is -2.43. The summed E-state index contributed by atoms with van der Waals surface area (Å²) in [6.07, 6.45) is 3.85. The Morgan fingerprint density at radius 1 is 0.529 bits per heavy atom. The summed E-state index contributed by atoms with van der Waals surface area (Å²) in [4.78, 5) is 19.0. The molecule has 8 aromatic carbocycles. The molecule has 0 fully saturated rings. The molecule has 0 N–H and O–H groups in total. The summed E-state index contributed by atoms with van der Waals surface area (Å²) in [5, 5.41) is 14.2. The van der Waals surface area contributed by atoms with Crippen LogP contribution in [0.5, 0.6) is 11.5 Å². The molecule has 1 unspecified atom stereocenters. The van der Waals surface area contributed by atoms with Gasteiger partial charge in [-0.25, -0.2) is 4.85 Å². The number of hydrogen-bond acceptors (Lipinski definition) is 6. The quantitative estimate of drug-likeness (QED) is 0.164. The maximum atomic E-state index is 10.00. The van der Waals surface area contributed by atoms with Gasteiger partial charge in [-0.2, -0.15) is 5.26 Å². The number of ether oxygens (including phenoxy) is 1. The smallest absolute Gasteiger partial charge is 0.188 e. The first-order valence-corrected chi connectivity index (χ1v) is 23.9. The first-order valence-electron chi connectivity index (χ1n) is 23.1. The van der Waals surface area contributed by atoms with Crippen LogP contribution in [0.15, 0.2) is 210 Å². The molecule has 2 aliphatic heterocycles. The molecule has 1 spiro atoms. The average molecular weight is 912 g/mol. The van der Waals surface area contributed by atoms with Gasteiger partial charge in [-0.1, -0.05) is 96.7 Å². The molecule has 324 valence electrons. The van der Waals surface area contributed by atoms with Gasteiger partial charge < -0.3 is 18.8 Å². The summed E-state index contributed by atoms with van der Waals surface area (Å²) in [7, 11) is 0. The van der Waals surface area contributed by atoms with Crippen LogP contribution in [0, 0.1) is 17.9 Å². The van der Waals surface area contributed by atoms with Gasteiger partial charge in [0, 0.05) is 49.0 Å². The fourth-order valence-corrected chi connectivity index (χ4v) is 13.0. The number of pyridine rings is 2. The highest BCUT2D eigenvalue weighted by Crippen LogP contribution is 2.65. The minimum absolute atomic E-state index is 0.614. The molecular formula is C61H33N7OS. The summed E-state index contributed by atoms with van der Waals surface area (Å²) in [6, 6.07) is 67.9. The van der Waals surface area contributed by atoms with Crippen LogP contribution >= 0.6 is 11.8 Å². The van der Waals surface area contributed by atoms with Crippen molar-refractivity contribution in [2.45, 2.75) is 15.2 Å². The molecule has 1 aliphatic carbocycles. The molecule has 0 bridgehead atoms. The SMILES string of the molecule is [C-]#[N+]c1ccc2c(c1)c1ccccc1n2-c1ccc2c(c1)Sc1cccc(N3c4ccccc4Oc4ccccc43)c1C21c2cccnc2-c2ncc(-n3c4ccccc4c4cc(C#N)ccc43)cc21. The van der Waals surface area contributed by atoms with E-state index in [1.807, 2.05) is 60.9 Å². The number of nitriles is 1. The van der Waals surface area contributed by atoms with E-state index in [1.54, 1.807) is 11.8 Å². The van der Waals surface area contributed by atoms with E-state index in [0.29, 0.717) is 11.3 Å². The van der Waals surface area contributed by atoms with Crippen LogP contribution in [-0.2, 0) is 5.41 Å². The number of fused-ring (bicyclic) bond motifs is 17. The maximum absolute atomic E-state index is 10.00. The van der Waals surface area contributed by atoms with Crippen LogP contribution in [0.4, 0.5) is 22.7 Å². The van der Waals surface area contributed by atoms with Crippen LogP contribution in [0.2, 0.25) is 0 Å². The Kier molecular flexibility index (Phi) is 7.90. The third kappa shape index (κ3) is 5.08. The highest BCUT2D eigenvalue weighted by atomic mass is 32.2. The minimum atomic E-state index is -0.923. The Hall–Kier alpha value is -9.41.